The molecule has 1 N–H and O–H groups in total. The molecule has 2 rings (SSSR count). The summed E-state index contributed by atoms with van der Waals surface area (Å²) in [5.74, 6) is -1.35. The van der Waals surface area contributed by atoms with Gasteiger partial charge in [-0.15, -0.1) is 0 Å². The topological polar surface area (TPSA) is 37.3 Å². The Balaban J connectivity index is 2.21. The van der Waals surface area contributed by atoms with E-state index in [0.29, 0.717) is 0 Å². The van der Waals surface area contributed by atoms with Crippen LogP contribution in [0.15, 0.2) is 29.4 Å². The third-order valence-electron chi connectivity index (χ3n) is 2.25. The number of pyridine rings is 1. The molecule has 8 heteroatoms. The monoisotopic (exact) mass is 335 g/mol. The molecule has 104 valence electrons. The summed E-state index contributed by atoms with van der Waals surface area (Å²) in [6.07, 6.45) is 0.977. The van der Waals surface area contributed by atoms with Crippen molar-refractivity contribution in [2.24, 2.45) is 5.10 Å². The van der Waals surface area contributed by atoms with Crippen molar-refractivity contribution in [1.82, 2.24) is 4.98 Å². The normalized spacial score (nSPS) is 11.1. The van der Waals surface area contributed by atoms with E-state index in [0.717, 1.165) is 18.3 Å². The molecule has 0 aliphatic carbocycles. The van der Waals surface area contributed by atoms with E-state index >= 15 is 0 Å². The van der Waals surface area contributed by atoms with Crippen LogP contribution in [0.5, 0.6) is 0 Å². The molecule has 20 heavy (non-hydrogen) atoms. The number of hydrogen-bond donors (Lipinski definition) is 1. The van der Waals surface area contributed by atoms with Crippen molar-refractivity contribution in [2.45, 2.75) is 0 Å². The van der Waals surface area contributed by atoms with Gasteiger partial charge in [0.1, 0.15) is 16.8 Å². The van der Waals surface area contributed by atoms with E-state index < -0.39 is 11.6 Å². The zero-order valence-corrected chi connectivity index (χ0v) is 11.9. The highest BCUT2D eigenvalue weighted by molar-refractivity contribution is 6.42. The van der Waals surface area contributed by atoms with Crippen molar-refractivity contribution >= 4 is 46.8 Å². The highest BCUT2D eigenvalue weighted by Crippen LogP contribution is 2.28. The minimum absolute atomic E-state index is 0.0332. The van der Waals surface area contributed by atoms with Crippen molar-refractivity contribution in [3.8, 4) is 0 Å². The van der Waals surface area contributed by atoms with Gasteiger partial charge in [0, 0.05) is 0 Å². The molecule has 0 amide bonds. The number of hydrogen-bond acceptors (Lipinski definition) is 3. The third-order valence-corrected chi connectivity index (χ3v) is 3.21. The van der Waals surface area contributed by atoms with Crippen molar-refractivity contribution in [1.29, 1.82) is 0 Å². The zero-order chi connectivity index (χ0) is 14.7. The van der Waals surface area contributed by atoms with Gasteiger partial charge in [0.15, 0.2) is 5.82 Å². The lowest BCUT2D eigenvalue weighted by Crippen LogP contribution is -1.98. The van der Waals surface area contributed by atoms with Crippen LogP contribution in [-0.4, -0.2) is 11.2 Å². The molecule has 0 radical (unpaired) electrons. The first-order chi connectivity index (χ1) is 9.49. The van der Waals surface area contributed by atoms with Crippen molar-refractivity contribution in [2.75, 3.05) is 5.43 Å². The van der Waals surface area contributed by atoms with Crippen LogP contribution in [0.25, 0.3) is 0 Å². The Hall–Kier alpha value is -1.43. The van der Waals surface area contributed by atoms with Gasteiger partial charge >= 0.3 is 0 Å². The molecule has 0 spiro atoms. The Morgan fingerprint density at radius 3 is 2.40 bits per heavy atom. The van der Waals surface area contributed by atoms with Crippen molar-refractivity contribution < 1.29 is 8.78 Å². The smallest absolute Gasteiger partial charge is 0.166 e. The summed E-state index contributed by atoms with van der Waals surface area (Å²) in [5, 5.41) is 4.05. The average Bonchev–Trinajstić information content (AvgIpc) is 2.39. The van der Waals surface area contributed by atoms with Gasteiger partial charge in [-0.2, -0.15) is 5.10 Å². The minimum atomic E-state index is -0.733. The molecule has 1 aromatic heterocycles. The number of nitrogens with zero attached hydrogens (tertiary/aromatic N) is 2. The number of aromatic nitrogens is 1. The lowest BCUT2D eigenvalue weighted by molar-refractivity contribution is 0.580. The van der Waals surface area contributed by atoms with Gasteiger partial charge in [-0.05, 0) is 18.2 Å². The summed E-state index contributed by atoms with van der Waals surface area (Å²) in [4.78, 5) is 3.84. The second-order valence-electron chi connectivity index (χ2n) is 3.60. The first-order valence-electron chi connectivity index (χ1n) is 5.23. The van der Waals surface area contributed by atoms with Gasteiger partial charge in [-0.3, -0.25) is 5.43 Å². The molecule has 1 heterocycles. The van der Waals surface area contributed by atoms with Crippen molar-refractivity contribution in [3.63, 3.8) is 0 Å². The van der Waals surface area contributed by atoms with Gasteiger partial charge in [-0.1, -0.05) is 40.9 Å². The summed E-state index contributed by atoms with van der Waals surface area (Å²) in [7, 11) is 0. The molecule has 1 aromatic carbocycles. The Labute approximate surface area is 128 Å². The van der Waals surface area contributed by atoms with E-state index in [1.165, 1.54) is 12.1 Å². The Morgan fingerprint density at radius 2 is 1.75 bits per heavy atom. The summed E-state index contributed by atoms with van der Waals surface area (Å²) in [5.41, 5.74) is 2.15. The minimum Gasteiger partial charge on any atom is -0.260 e. The summed E-state index contributed by atoms with van der Waals surface area (Å²) in [6.45, 7) is 0. The van der Waals surface area contributed by atoms with Crippen LogP contribution in [0.4, 0.5) is 14.6 Å². The lowest BCUT2D eigenvalue weighted by Gasteiger charge is -2.04. The second kappa shape index (κ2) is 6.35. The molecule has 0 unspecified atom stereocenters. The van der Waals surface area contributed by atoms with Crippen LogP contribution in [0.1, 0.15) is 5.56 Å². The predicted octanol–water partition coefficient (Wildman–Crippen LogP) is 4.77. The Bertz CT molecular complexity index is 657. The van der Waals surface area contributed by atoms with Crippen LogP contribution in [0.3, 0.4) is 0 Å². The van der Waals surface area contributed by atoms with Gasteiger partial charge in [0.25, 0.3) is 0 Å². The van der Waals surface area contributed by atoms with Crippen molar-refractivity contribution in [3.05, 3.63) is 56.7 Å². The number of anilines is 1. The quantitative estimate of drug-likeness (QED) is 0.498. The fourth-order valence-corrected chi connectivity index (χ4v) is 1.85. The molecule has 0 bridgehead atoms. The van der Waals surface area contributed by atoms with Crippen LogP contribution in [-0.2, 0) is 0 Å². The number of nitrogens with one attached hydrogen (secondary N) is 1. The van der Waals surface area contributed by atoms with Crippen LogP contribution in [0.2, 0.25) is 15.2 Å². The molecule has 0 saturated carbocycles. The molecule has 0 aliphatic rings. The first kappa shape index (κ1) is 15.0. The maximum Gasteiger partial charge on any atom is 0.166 e. The van der Waals surface area contributed by atoms with Gasteiger partial charge in [0.05, 0.1) is 21.8 Å². The molecule has 0 saturated heterocycles. The van der Waals surface area contributed by atoms with Gasteiger partial charge < -0.3 is 0 Å². The van der Waals surface area contributed by atoms with E-state index in [1.54, 1.807) is 0 Å². The fraction of sp³-hybridized carbons (Fsp3) is 0. The number of rotatable bonds is 3. The third kappa shape index (κ3) is 3.36. The Morgan fingerprint density at radius 1 is 1.10 bits per heavy atom. The Kier molecular flexibility index (Phi) is 4.75. The lowest BCUT2D eigenvalue weighted by atomic mass is 10.2. The van der Waals surface area contributed by atoms with Crippen LogP contribution >= 0.6 is 34.8 Å². The van der Waals surface area contributed by atoms with E-state index in [2.05, 4.69) is 15.5 Å². The van der Waals surface area contributed by atoms with E-state index in [1.807, 2.05) is 0 Å². The first-order valence-corrected chi connectivity index (χ1v) is 6.37. The fourth-order valence-electron chi connectivity index (χ4n) is 1.31. The number of benzene rings is 1. The molecule has 0 atom stereocenters. The highest BCUT2D eigenvalue weighted by Gasteiger charge is 2.08. The highest BCUT2D eigenvalue weighted by atomic mass is 35.5. The largest absolute Gasteiger partial charge is 0.260 e. The van der Waals surface area contributed by atoms with Crippen LogP contribution in [0, 0.1) is 11.6 Å². The average molecular weight is 337 g/mol. The molecule has 3 nitrogen and oxygen atoms in total. The van der Waals surface area contributed by atoms with Gasteiger partial charge in [-0.25, -0.2) is 13.8 Å². The van der Waals surface area contributed by atoms with Crippen LogP contribution < -0.4 is 5.43 Å². The SMILES string of the molecule is Fc1cccc(F)c1C=NNc1nc(Cl)c(Cl)cc1Cl. The standard InChI is InChI=1S/C12H6Cl3F2N3/c13-7-4-8(14)12(19-11(7)15)20-18-5-6-9(16)2-1-3-10(6)17/h1-5H,(H,19,20). The molecule has 0 aliphatic heterocycles. The molecular formula is C12H6Cl3F2N3. The summed E-state index contributed by atoms with van der Waals surface area (Å²) in [6, 6.07) is 4.87. The second-order valence-corrected chi connectivity index (χ2v) is 4.77. The number of hydrazone groups is 1. The predicted molar refractivity (Wildman–Crippen MR) is 76.8 cm³/mol. The van der Waals surface area contributed by atoms with E-state index in [9.17, 15) is 8.78 Å². The van der Waals surface area contributed by atoms with E-state index in [-0.39, 0.29) is 26.6 Å². The number of halogens is 5. The zero-order valence-electron chi connectivity index (χ0n) is 9.67. The van der Waals surface area contributed by atoms with E-state index in [4.69, 9.17) is 34.8 Å². The summed E-state index contributed by atoms with van der Waals surface area (Å²) < 4.78 is 26.7. The molecule has 0 fully saturated rings. The summed E-state index contributed by atoms with van der Waals surface area (Å²) >= 11 is 17.3. The maximum absolute atomic E-state index is 13.3. The van der Waals surface area contributed by atoms with Gasteiger partial charge in [0.2, 0.25) is 0 Å². The molecular weight excluding hydrogens is 331 g/mol. The molecule has 2 aromatic rings. The maximum atomic E-state index is 13.3.